The molecule has 7 heteroatoms. The highest BCUT2D eigenvalue weighted by Gasteiger charge is 2.25. The Morgan fingerprint density at radius 1 is 1.08 bits per heavy atom. The lowest BCUT2D eigenvalue weighted by Gasteiger charge is -2.30. The number of likely N-dealkylation sites (N-methyl/N-ethyl adjacent to an activating group) is 1. The normalized spacial score (nSPS) is 18.5. The Morgan fingerprint density at radius 2 is 1.75 bits per heavy atom. The minimum absolute atomic E-state index is 0.0435. The molecule has 2 aromatic carbocycles. The van der Waals surface area contributed by atoms with Gasteiger partial charge < -0.3 is 13.8 Å². The summed E-state index contributed by atoms with van der Waals surface area (Å²) < 4.78 is 35.0. The summed E-state index contributed by atoms with van der Waals surface area (Å²) in [5.74, 6) is 0.169. The van der Waals surface area contributed by atoms with Crippen LogP contribution >= 0.6 is 0 Å². The fourth-order valence-electron chi connectivity index (χ4n) is 2.39. The Bertz CT molecular complexity index is 818. The van der Waals surface area contributed by atoms with Crippen LogP contribution in [0.2, 0.25) is 0 Å². The van der Waals surface area contributed by atoms with E-state index in [4.69, 9.17) is 8.92 Å². The molecule has 0 unspecified atom stereocenters. The van der Waals surface area contributed by atoms with Gasteiger partial charge in [-0.1, -0.05) is 30.3 Å². The molecule has 0 N–H and O–H groups in total. The zero-order chi connectivity index (χ0) is 17.2. The number of nitrogens with zero attached hydrogens (tertiary/aromatic N) is 1. The summed E-state index contributed by atoms with van der Waals surface area (Å²) in [5, 5.41) is 0. The monoisotopic (exact) mass is 347 g/mol. The van der Waals surface area contributed by atoms with Crippen LogP contribution in [-0.2, 0) is 19.6 Å². The summed E-state index contributed by atoms with van der Waals surface area (Å²) in [6.45, 7) is 0.503. The van der Waals surface area contributed by atoms with E-state index in [0.29, 0.717) is 6.54 Å². The van der Waals surface area contributed by atoms with Gasteiger partial charge in [0.25, 0.3) is 0 Å². The van der Waals surface area contributed by atoms with Crippen LogP contribution in [-0.4, -0.2) is 39.4 Å². The fourth-order valence-corrected chi connectivity index (χ4v) is 3.34. The van der Waals surface area contributed by atoms with E-state index in [2.05, 4.69) is 0 Å². The van der Waals surface area contributed by atoms with Crippen molar-refractivity contribution in [3.8, 4) is 5.75 Å². The maximum absolute atomic E-state index is 12.2. The number of rotatable bonds is 4. The first-order chi connectivity index (χ1) is 11.5. The molecule has 0 spiro atoms. The van der Waals surface area contributed by atoms with Gasteiger partial charge >= 0.3 is 10.1 Å². The number of amides is 1. The zero-order valence-electron chi connectivity index (χ0n) is 13.1. The maximum atomic E-state index is 12.2. The molecule has 1 aliphatic rings. The molecular formula is C17H17NO5S. The summed E-state index contributed by atoms with van der Waals surface area (Å²) in [4.78, 5) is 13.1. The van der Waals surface area contributed by atoms with Gasteiger partial charge in [-0.05, 0) is 29.8 Å². The van der Waals surface area contributed by atoms with Crippen LogP contribution in [0.1, 0.15) is 11.7 Å². The quantitative estimate of drug-likeness (QED) is 0.791. The molecule has 0 saturated carbocycles. The molecule has 1 saturated heterocycles. The molecule has 6 nitrogen and oxygen atoms in total. The van der Waals surface area contributed by atoms with Crippen molar-refractivity contribution in [3.63, 3.8) is 0 Å². The van der Waals surface area contributed by atoms with E-state index in [9.17, 15) is 13.2 Å². The average molecular weight is 347 g/mol. The Morgan fingerprint density at radius 3 is 2.38 bits per heavy atom. The number of hydrogen-bond acceptors (Lipinski definition) is 5. The van der Waals surface area contributed by atoms with Gasteiger partial charge in [0.05, 0.1) is 6.54 Å². The van der Waals surface area contributed by atoms with Crippen LogP contribution in [0.3, 0.4) is 0 Å². The van der Waals surface area contributed by atoms with E-state index in [1.165, 1.54) is 12.1 Å². The second-order valence-electron chi connectivity index (χ2n) is 5.49. The third-order valence-corrected chi connectivity index (χ3v) is 5.02. The van der Waals surface area contributed by atoms with Crippen LogP contribution in [0.5, 0.6) is 5.75 Å². The molecule has 24 heavy (non-hydrogen) atoms. The molecule has 1 aliphatic heterocycles. The Balaban J connectivity index is 1.72. The van der Waals surface area contributed by atoms with E-state index in [1.807, 2.05) is 0 Å². The standard InChI is InChI=1S/C17H17NO5S/c1-18-11-16(22-12-17(18)19)13-7-9-14(10-8-13)23-24(20,21)15-5-3-2-4-6-15/h2-10,16H,11-12H2,1H3/t16-/m0/s1. The van der Waals surface area contributed by atoms with E-state index in [1.54, 1.807) is 54.4 Å². The number of carbonyl (C=O) groups excluding carboxylic acids is 1. The number of hydrogen-bond donors (Lipinski definition) is 0. The molecule has 0 aliphatic carbocycles. The molecule has 0 bridgehead atoms. The van der Waals surface area contributed by atoms with Gasteiger partial charge in [0.2, 0.25) is 5.91 Å². The smallest absolute Gasteiger partial charge is 0.339 e. The van der Waals surface area contributed by atoms with E-state index in [0.717, 1.165) is 5.56 Å². The second-order valence-corrected chi connectivity index (χ2v) is 7.04. The molecule has 126 valence electrons. The molecule has 3 rings (SSSR count). The first kappa shape index (κ1) is 16.5. The Hall–Kier alpha value is -2.38. The van der Waals surface area contributed by atoms with Gasteiger partial charge in [-0.2, -0.15) is 8.42 Å². The summed E-state index contributed by atoms with van der Waals surface area (Å²) in [5.41, 5.74) is 0.860. The number of morpholine rings is 1. The van der Waals surface area contributed by atoms with Crippen molar-refractivity contribution >= 4 is 16.0 Å². The molecular weight excluding hydrogens is 330 g/mol. The van der Waals surface area contributed by atoms with Gasteiger partial charge in [-0.3, -0.25) is 4.79 Å². The Labute approximate surface area is 140 Å². The first-order valence-corrected chi connectivity index (χ1v) is 8.81. The number of ether oxygens (including phenoxy) is 1. The summed E-state index contributed by atoms with van der Waals surface area (Å²) in [6.07, 6.45) is -0.229. The van der Waals surface area contributed by atoms with Crippen molar-refractivity contribution in [2.75, 3.05) is 20.2 Å². The maximum Gasteiger partial charge on any atom is 0.339 e. The van der Waals surface area contributed by atoms with E-state index in [-0.39, 0.29) is 29.3 Å². The lowest BCUT2D eigenvalue weighted by molar-refractivity contribution is -0.147. The third kappa shape index (κ3) is 3.58. The zero-order valence-corrected chi connectivity index (χ0v) is 13.9. The van der Waals surface area contributed by atoms with Crippen LogP contribution in [0.15, 0.2) is 59.5 Å². The highest BCUT2D eigenvalue weighted by atomic mass is 32.2. The largest absolute Gasteiger partial charge is 0.379 e. The van der Waals surface area contributed by atoms with Crippen LogP contribution in [0, 0.1) is 0 Å². The van der Waals surface area contributed by atoms with Gasteiger partial charge in [0.15, 0.2) is 0 Å². The van der Waals surface area contributed by atoms with Gasteiger partial charge in [0.1, 0.15) is 23.4 Å². The van der Waals surface area contributed by atoms with Crippen LogP contribution < -0.4 is 4.18 Å². The Kier molecular flexibility index (Phi) is 4.55. The SMILES string of the molecule is CN1C[C@@H](c2ccc(OS(=O)(=O)c3ccccc3)cc2)OCC1=O. The van der Waals surface area contributed by atoms with E-state index < -0.39 is 10.1 Å². The van der Waals surface area contributed by atoms with Crippen molar-refractivity contribution in [1.29, 1.82) is 0 Å². The van der Waals surface area contributed by atoms with Crippen molar-refractivity contribution in [3.05, 3.63) is 60.2 Å². The van der Waals surface area contributed by atoms with Gasteiger partial charge in [-0.25, -0.2) is 0 Å². The molecule has 0 aromatic heterocycles. The van der Waals surface area contributed by atoms with E-state index >= 15 is 0 Å². The molecule has 1 atom stereocenters. The van der Waals surface area contributed by atoms with Gasteiger partial charge in [0, 0.05) is 7.05 Å². The van der Waals surface area contributed by atoms with Crippen molar-refractivity contribution in [2.45, 2.75) is 11.0 Å². The summed E-state index contributed by atoms with van der Waals surface area (Å²) in [7, 11) is -2.13. The average Bonchev–Trinajstić information content (AvgIpc) is 2.59. The molecule has 2 aromatic rings. The van der Waals surface area contributed by atoms with Crippen LogP contribution in [0.25, 0.3) is 0 Å². The minimum atomic E-state index is -3.85. The second kappa shape index (κ2) is 6.62. The predicted molar refractivity (Wildman–Crippen MR) is 87.0 cm³/mol. The highest BCUT2D eigenvalue weighted by Crippen LogP contribution is 2.25. The number of benzene rings is 2. The molecule has 1 heterocycles. The fraction of sp³-hybridized carbons (Fsp3) is 0.235. The molecule has 1 fully saturated rings. The van der Waals surface area contributed by atoms with Crippen LogP contribution in [0.4, 0.5) is 0 Å². The number of carbonyl (C=O) groups is 1. The van der Waals surface area contributed by atoms with Gasteiger partial charge in [-0.15, -0.1) is 0 Å². The molecule has 0 radical (unpaired) electrons. The lowest BCUT2D eigenvalue weighted by atomic mass is 10.1. The van der Waals surface area contributed by atoms with Crippen molar-refractivity contribution in [2.24, 2.45) is 0 Å². The van der Waals surface area contributed by atoms with Crippen molar-refractivity contribution < 1.29 is 22.1 Å². The summed E-state index contributed by atoms with van der Waals surface area (Å²) >= 11 is 0. The topological polar surface area (TPSA) is 72.9 Å². The lowest BCUT2D eigenvalue weighted by Crippen LogP contribution is -2.40. The first-order valence-electron chi connectivity index (χ1n) is 7.41. The molecule has 1 amide bonds. The minimum Gasteiger partial charge on any atom is -0.379 e. The highest BCUT2D eigenvalue weighted by molar-refractivity contribution is 7.87. The van der Waals surface area contributed by atoms with Crippen molar-refractivity contribution in [1.82, 2.24) is 4.90 Å². The third-order valence-electron chi connectivity index (χ3n) is 3.76. The summed E-state index contributed by atoms with van der Waals surface area (Å²) in [6, 6.07) is 14.6. The predicted octanol–water partition coefficient (Wildman–Crippen LogP) is 1.98.